The highest BCUT2D eigenvalue weighted by Crippen LogP contribution is 2.38. The van der Waals surface area contributed by atoms with Crippen LogP contribution >= 0.6 is 11.5 Å². The van der Waals surface area contributed by atoms with Crippen molar-refractivity contribution in [3.8, 4) is 0 Å². The molecule has 1 atom stereocenters. The van der Waals surface area contributed by atoms with Crippen molar-refractivity contribution in [1.29, 1.82) is 0 Å². The second-order valence-electron chi connectivity index (χ2n) is 5.23. The fourth-order valence-electron chi connectivity index (χ4n) is 2.53. The molecule has 2 heterocycles. The maximum Gasteiger partial charge on any atom is 0.182 e. The number of nitrogens with zero attached hydrogens (tertiary/aromatic N) is 3. The lowest BCUT2D eigenvalue weighted by atomic mass is 10.2. The van der Waals surface area contributed by atoms with E-state index in [9.17, 15) is 8.42 Å². The van der Waals surface area contributed by atoms with Crippen LogP contribution < -0.4 is 10.6 Å². The predicted molar refractivity (Wildman–Crippen MR) is 78.6 cm³/mol. The Morgan fingerprint density at radius 2 is 2.21 bits per heavy atom. The van der Waals surface area contributed by atoms with Crippen LogP contribution in [-0.4, -0.2) is 57.2 Å². The molecule has 2 N–H and O–H groups in total. The first-order chi connectivity index (χ1) is 8.80. The number of hydrogen-bond donors (Lipinski definition) is 1. The minimum Gasteiger partial charge on any atom is -0.382 e. The number of sulfone groups is 1. The van der Waals surface area contributed by atoms with E-state index >= 15 is 0 Å². The van der Waals surface area contributed by atoms with Crippen LogP contribution in [-0.2, 0) is 9.84 Å². The molecule has 1 aliphatic heterocycles. The summed E-state index contributed by atoms with van der Waals surface area (Å²) in [5.74, 6) is 0.123. The third-order valence-electron chi connectivity index (χ3n) is 3.24. The minimum absolute atomic E-state index is 0.123. The van der Waals surface area contributed by atoms with Crippen LogP contribution in [0, 0.1) is 0 Å². The maximum atomic E-state index is 11.9. The van der Waals surface area contributed by atoms with Gasteiger partial charge in [-0.2, -0.15) is 4.37 Å². The summed E-state index contributed by atoms with van der Waals surface area (Å²) in [5, 5.41) is 0.698. The molecule has 1 aliphatic rings. The van der Waals surface area contributed by atoms with Crippen LogP contribution in [0.1, 0.15) is 12.8 Å². The summed E-state index contributed by atoms with van der Waals surface area (Å²) in [6.07, 6.45) is 3.33. The summed E-state index contributed by atoms with van der Waals surface area (Å²) in [7, 11) is 0.703. The van der Waals surface area contributed by atoms with Gasteiger partial charge in [-0.3, -0.25) is 0 Å². The highest BCUT2D eigenvalue weighted by atomic mass is 32.2. The Labute approximate surface area is 118 Å². The van der Waals surface area contributed by atoms with Crippen molar-refractivity contribution in [2.24, 2.45) is 0 Å². The molecular formula is C11H20N4O2S2. The molecule has 1 saturated heterocycles. The summed E-state index contributed by atoms with van der Waals surface area (Å²) in [6, 6.07) is 0.329. The molecule has 0 amide bonds. The largest absolute Gasteiger partial charge is 0.382 e. The fourth-order valence-corrected chi connectivity index (χ4v) is 4.82. The van der Waals surface area contributed by atoms with E-state index in [-0.39, 0.29) is 10.7 Å². The minimum atomic E-state index is -3.34. The quantitative estimate of drug-likeness (QED) is 0.880. The Morgan fingerprint density at radius 3 is 2.79 bits per heavy atom. The van der Waals surface area contributed by atoms with E-state index in [0.717, 1.165) is 25.9 Å². The van der Waals surface area contributed by atoms with Crippen molar-refractivity contribution < 1.29 is 8.42 Å². The van der Waals surface area contributed by atoms with Crippen LogP contribution in [0.4, 0.5) is 10.8 Å². The van der Waals surface area contributed by atoms with Crippen molar-refractivity contribution in [2.75, 3.05) is 44.1 Å². The van der Waals surface area contributed by atoms with Gasteiger partial charge in [0.1, 0.15) is 9.90 Å². The molecule has 0 saturated carbocycles. The average molecular weight is 304 g/mol. The smallest absolute Gasteiger partial charge is 0.182 e. The van der Waals surface area contributed by atoms with Crippen molar-refractivity contribution in [1.82, 2.24) is 9.27 Å². The molecule has 0 radical (unpaired) electrons. The van der Waals surface area contributed by atoms with E-state index in [4.69, 9.17) is 5.73 Å². The van der Waals surface area contributed by atoms with Crippen LogP contribution in [0.3, 0.4) is 0 Å². The molecule has 1 unspecified atom stereocenters. The molecule has 1 aromatic heterocycles. The molecule has 19 heavy (non-hydrogen) atoms. The zero-order chi connectivity index (χ0) is 14.2. The van der Waals surface area contributed by atoms with Gasteiger partial charge in [-0.15, -0.1) is 0 Å². The van der Waals surface area contributed by atoms with Crippen molar-refractivity contribution in [2.45, 2.75) is 23.8 Å². The fraction of sp³-hybridized carbons (Fsp3) is 0.727. The zero-order valence-corrected chi connectivity index (χ0v) is 13.1. The van der Waals surface area contributed by atoms with Gasteiger partial charge in [0, 0.05) is 25.4 Å². The van der Waals surface area contributed by atoms with Crippen molar-refractivity contribution >= 4 is 32.2 Å². The second kappa shape index (κ2) is 5.26. The Hall–Kier alpha value is -0.860. The zero-order valence-electron chi connectivity index (χ0n) is 11.5. The van der Waals surface area contributed by atoms with Crippen LogP contribution in [0.5, 0.6) is 0 Å². The SMILES string of the molecule is CN(C)CC1CCCN1c1snc(N)c1S(C)(=O)=O. The number of nitrogens with two attached hydrogens (primary N) is 1. The molecule has 108 valence electrons. The van der Waals surface area contributed by atoms with Gasteiger partial charge < -0.3 is 15.5 Å². The van der Waals surface area contributed by atoms with Crippen LogP contribution in [0.25, 0.3) is 0 Å². The molecule has 0 aliphatic carbocycles. The summed E-state index contributed by atoms with van der Waals surface area (Å²) < 4.78 is 27.8. The summed E-state index contributed by atoms with van der Waals surface area (Å²) in [4.78, 5) is 4.46. The molecule has 0 bridgehead atoms. The lowest BCUT2D eigenvalue weighted by Crippen LogP contribution is -2.37. The van der Waals surface area contributed by atoms with E-state index in [2.05, 4.69) is 14.2 Å². The number of nitrogen functional groups attached to an aromatic ring is 1. The number of rotatable bonds is 4. The summed E-state index contributed by atoms with van der Waals surface area (Å²) in [5.41, 5.74) is 5.72. The topological polar surface area (TPSA) is 79.5 Å². The van der Waals surface area contributed by atoms with E-state index in [1.165, 1.54) is 17.8 Å². The standard InChI is InChI=1S/C11H20N4O2S2/c1-14(2)7-8-5-4-6-15(8)11-9(19(3,16)17)10(12)13-18-11/h8H,4-7H2,1-3H3,(H2,12,13). The van der Waals surface area contributed by atoms with Gasteiger partial charge in [0.25, 0.3) is 0 Å². The van der Waals surface area contributed by atoms with Gasteiger partial charge in [0.2, 0.25) is 0 Å². The first kappa shape index (κ1) is 14.5. The van der Waals surface area contributed by atoms with Crippen LogP contribution in [0.15, 0.2) is 4.90 Å². The van der Waals surface area contributed by atoms with E-state index in [0.29, 0.717) is 11.0 Å². The van der Waals surface area contributed by atoms with Gasteiger partial charge in [-0.25, -0.2) is 8.42 Å². The van der Waals surface area contributed by atoms with Gasteiger partial charge in [0.15, 0.2) is 15.7 Å². The Balaban J connectivity index is 2.37. The van der Waals surface area contributed by atoms with Gasteiger partial charge in [-0.05, 0) is 38.5 Å². The van der Waals surface area contributed by atoms with Gasteiger partial charge >= 0.3 is 0 Å². The Kier molecular flexibility index (Phi) is 4.03. The number of hydrogen-bond acceptors (Lipinski definition) is 7. The first-order valence-electron chi connectivity index (χ1n) is 6.17. The van der Waals surface area contributed by atoms with Gasteiger partial charge in [-0.1, -0.05) is 0 Å². The van der Waals surface area contributed by atoms with Crippen molar-refractivity contribution in [3.63, 3.8) is 0 Å². The lowest BCUT2D eigenvalue weighted by Gasteiger charge is -2.28. The average Bonchev–Trinajstić information content (AvgIpc) is 2.82. The summed E-state index contributed by atoms with van der Waals surface area (Å²) in [6.45, 7) is 1.77. The third-order valence-corrected chi connectivity index (χ3v) is 5.41. The number of anilines is 2. The second-order valence-corrected chi connectivity index (χ2v) is 7.93. The molecule has 1 fully saturated rings. The molecule has 8 heteroatoms. The normalized spacial score (nSPS) is 20.4. The molecule has 6 nitrogen and oxygen atoms in total. The number of aromatic nitrogens is 1. The predicted octanol–water partition coefficient (Wildman–Crippen LogP) is 0.659. The Bertz CT molecular complexity index is 553. The first-order valence-corrected chi connectivity index (χ1v) is 8.83. The maximum absolute atomic E-state index is 11.9. The molecule has 1 aromatic rings. The van der Waals surface area contributed by atoms with Gasteiger partial charge in [0.05, 0.1) is 0 Å². The van der Waals surface area contributed by atoms with Crippen LogP contribution in [0.2, 0.25) is 0 Å². The lowest BCUT2D eigenvalue weighted by molar-refractivity contribution is 0.372. The highest BCUT2D eigenvalue weighted by molar-refractivity contribution is 7.91. The van der Waals surface area contributed by atoms with Crippen molar-refractivity contribution in [3.05, 3.63) is 0 Å². The Morgan fingerprint density at radius 1 is 1.53 bits per heavy atom. The third kappa shape index (κ3) is 3.01. The number of likely N-dealkylation sites (N-methyl/N-ethyl adjacent to an activating group) is 1. The monoisotopic (exact) mass is 304 g/mol. The molecular weight excluding hydrogens is 284 g/mol. The molecule has 0 aromatic carbocycles. The van der Waals surface area contributed by atoms with E-state index in [1.807, 2.05) is 14.1 Å². The molecule has 0 spiro atoms. The highest BCUT2D eigenvalue weighted by Gasteiger charge is 2.32. The summed E-state index contributed by atoms with van der Waals surface area (Å²) >= 11 is 1.18. The van der Waals surface area contributed by atoms with E-state index < -0.39 is 9.84 Å². The molecule has 2 rings (SSSR count). The van der Waals surface area contributed by atoms with E-state index in [1.54, 1.807) is 0 Å².